The van der Waals surface area contributed by atoms with Gasteiger partial charge in [-0.3, -0.25) is 10.1 Å². The molecule has 0 aromatic heterocycles. The van der Waals surface area contributed by atoms with Crippen molar-refractivity contribution in [2.75, 3.05) is 20.2 Å². The Kier molecular flexibility index (Phi) is 6.42. The number of likely N-dealkylation sites (tertiary alicyclic amines) is 1. The fourth-order valence-corrected chi connectivity index (χ4v) is 3.86. The van der Waals surface area contributed by atoms with Crippen LogP contribution in [-0.2, 0) is 4.79 Å². The number of benzene rings is 1. The summed E-state index contributed by atoms with van der Waals surface area (Å²) < 4.78 is 44.1. The molecule has 5 nitrogen and oxygen atoms in total. The molecule has 1 spiro atoms. The van der Waals surface area contributed by atoms with Crippen LogP contribution in [0.25, 0.3) is 5.57 Å². The van der Waals surface area contributed by atoms with Crippen LogP contribution in [0.3, 0.4) is 0 Å². The maximum atomic E-state index is 14.4. The second kappa shape index (κ2) is 8.82. The van der Waals surface area contributed by atoms with Crippen molar-refractivity contribution in [3.63, 3.8) is 0 Å². The lowest BCUT2D eigenvalue weighted by Crippen LogP contribution is -2.48. The Balaban J connectivity index is 1.76. The molecular weight excluding hydrogens is 383 g/mol. The summed E-state index contributed by atoms with van der Waals surface area (Å²) in [5.74, 6) is -0.322. The Labute approximate surface area is 167 Å². The maximum absolute atomic E-state index is 14.4. The molecule has 29 heavy (non-hydrogen) atoms. The van der Waals surface area contributed by atoms with E-state index in [1.165, 1.54) is 18.2 Å². The number of rotatable bonds is 7. The van der Waals surface area contributed by atoms with Crippen LogP contribution in [0.5, 0.6) is 5.75 Å². The van der Waals surface area contributed by atoms with Crippen LogP contribution < -0.4 is 10.1 Å². The zero-order valence-corrected chi connectivity index (χ0v) is 16.1. The molecule has 1 amide bonds. The normalized spacial score (nSPS) is 25.0. The second-order valence-electron chi connectivity index (χ2n) is 7.34. The van der Waals surface area contributed by atoms with Crippen LogP contribution in [-0.4, -0.2) is 55.2 Å². The third-order valence-corrected chi connectivity index (χ3v) is 5.37. The van der Waals surface area contributed by atoms with E-state index in [0.717, 1.165) is 38.1 Å². The van der Waals surface area contributed by atoms with Crippen molar-refractivity contribution in [3.05, 3.63) is 47.8 Å². The van der Waals surface area contributed by atoms with Crippen LogP contribution in [0, 0.1) is 11.2 Å². The number of halogens is 3. The van der Waals surface area contributed by atoms with Crippen LogP contribution in [0.4, 0.5) is 13.2 Å². The number of nitrogens with one attached hydrogen (secondary N) is 2. The van der Waals surface area contributed by atoms with Crippen molar-refractivity contribution in [2.45, 2.75) is 37.3 Å². The molecule has 0 bridgehead atoms. The lowest BCUT2D eigenvalue weighted by Gasteiger charge is -2.22. The molecule has 156 valence electrons. The van der Waals surface area contributed by atoms with Gasteiger partial charge in [-0.25, -0.2) is 13.2 Å². The van der Waals surface area contributed by atoms with Crippen molar-refractivity contribution in [3.8, 4) is 5.75 Å². The summed E-state index contributed by atoms with van der Waals surface area (Å²) in [7, 11) is 1.79. The first-order chi connectivity index (χ1) is 13.8. The number of carbonyl (C=O) groups excluding carboxylic acids is 1. The van der Waals surface area contributed by atoms with E-state index in [9.17, 15) is 18.0 Å². The largest absolute Gasteiger partial charge is 0.488 e. The van der Waals surface area contributed by atoms with E-state index >= 15 is 0 Å². The van der Waals surface area contributed by atoms with Crippen LogP contribution >= 0.6 is 0 Å². The minimum absolute atomic E-state index is 0.0547. The van der Waals surface area contributed by atoms with Gasteiger partial charge in [0.05, 0.1) is 0 Å². The molecule has 2 atom stereocenters. The number of alkyl halides is 2. The van der Waals surface area contributed by atoms with Gasteiger partial charge in [0.15, 0.2) is 0 Å². The van der Waals surface area contributed by atoms with E-state index in [0.29, 0.717) is 5.57 Å². The summed E-state index contributed by atoms with van der Waals surface area (Å²) in [5.41, 5.74) is 0.0437. The van der Waals surface area contributed by atoms with Crippen LogP contribution in [0.1, 0.15) is 24.8 Å². The zero-order valence-electron chi connectivity index (χ0n) is 16.1. The highest BCUT2D eigenvalue weighted by atomic mass is 19.3. The third kappa shape index (κ3) is 4.70. The molecule has 0 saturated carbocycles. The molecule has 2 unspecified atom stereocenters. The molecule has 0 aliphatic carbocycles. The first-order valence-electron chi connectivity index (χ1n) is 9.48. The molecule has 2 aliphatic rings. The van der Waals surface area contributed by atoms with Crippen LogP contribution in [0.15, 0.2) is 36.4 Å². The van der Waals surface area contributed by atoms with Crippen molar-refractivity contribution >= 4 is 17.7 Å². The number of amides is 1. The second-order valence-corrected chi connectivity index (χ2v) is 7.34. The molecule has 1 aromatic carbocycles. The average molecular weight is 407 g/mol. The molecule has 2 N–H and O–H groups in total. The monoisotopic (exact) mass is 407 g/mol. The van der Waals surface area contributed by atoms with Crippen molar-refractivity contribution in [1.29, 1.82) is 5.41 Å². The Morgan fingerprint density at radius 1 is 1.45 bits per heavy atom. The van der Waals surface area contributed by atoms with Gasteiger partial charge in [-0.1, -0.05) is 12.2 Å². The Morgan fingerprint density at radius 2 is 2.24 bits per heavy atom. The van der Waals surface area contributed by atoms with Gasteiger partial charge in [0.25, 0.3) is 6.43 Å². The summed E-state index contributed by atoms with van der Waals surface area (Å²) in [6, 6.07) is 3.73. The standard InChI is InChI=1S/C21H24F3N3O2/c1-27-11-9-21(20(27)28)8-6-15(26-21)3-2-14(7-10-25)17-12-16(4-5-18(17)22)29-13-19(23)24/h2-5,7,10,12,15,19,25-26H,6,8-9,11,13H2,1H3. The van der Waals surface area contributed by atoms with Gasteiger partial charge < -0.3 is 15.0 Å². The van der Waals surface area contributed by atoms with E-state index in [1.54, 1.807) is 18.0 Å². The summed E-state index contributed by atoms with van der Waals surface area (Å²) in [6.45, 7) is -0.0566. The third-order valence-electron chi connectivity index (χ3n) is 5.37. The molecule has 8 heteroatoms. The van der Waals surface area contributed by atoms with Gasteiger partial charge in [0.2, 0.25) is 5.91 Å². The smallest absolute Gasteiger partial charge is 0.272 e. The van der Waals surface area contributed by atoms with Gasteiger partial charge >= 0.3 is 0 Å². The quantitative estimate of drug-likeness (QED) is 0.538. The minimum atomic E-state index is -2.63. The number of carbonyl (C=O) groups is 1. The van der Waals surface area contributed by atoms with Crippen molar-refractivity contribution in [2.24, 2.45) is 0 Å². The molecule has 1 aromatic rings. The summed E-state index contributed by atoms with van der Waals surface area (Å²) >= 11 is 0. The lowest BCUT2D eigenvalue weighted by atomic mass is 9.96. The number of likely N-dealkylation sites (N-methyl/N-ethyl adjacent to an activating group) is 1. The number of nitrogens with zero attached hydrogens (tertiary/aromatic N) is 1. The first-order valence-corrected chi connectivity index (χ1v) is 9.48. The topological polar surface area (TPSA) is 65.4 Å². The summed E-state index contributed by atoms with van der Waals surface area (Å²) in [5, 5.41) is 10.7. The average Bonchev–Trinajstić information content (AvgIpc) is 3.24. The fourth-order valence-electron chi connectivity index (χ4n) is 3.86. The maximum Gasteiger partial charge on any atom is 0.272 e. The number of allylic oxidation sites excluding steroid dienone is 3. The number of ether oxygens (including phenoxy) is 1. The van der Waals surface area contributed by atoms with E-state index in [1.807, 2.05) is 6.08 Å². The highest BCUT2D eigenvalue weighted by molar-refractivity contribution is 5.89. The predicted octanol–water partition coefficient (Wildman–Crippen LogP) is 3.41. The lowest BCUT2D eigenvalue weighted by molar-refractivity contribution is -0.131. The molecule has 2 heterocycles. The predicted molar refractivity (Wildman–Crippen MR) is 105 cm³/mol. The Morgan fingerprint density at radius 3 is 2.90 bits per heavy atom. The van der Waals surface area contributed by atoms with Gasteiger partial charge in [0, 0.05) is 31.4 Å². The van der Waals surface area contributed by atoms with Crippen molar-refractivity contribution < 1.29 is 22.7 Å². The molecule has 2 fully saturated rings. The van der Waals surface area contributed by atoms with E-state index < -0.39 is 24.4 Å². The van der Waals surface area contributed by atoms with E-state index in [2.05, 4.69) is 5.32 Å². The van der Waals surface area contributed by atoms with Gasteiger partial charge in [0.1, 0.15) is 23.7 Å². The molecule has 3 rings (SSSR count). The van der Waals surface area contributed by atoms with E-state index in [-0.39, 0.29) is 23.3 Å². The van der Waals surface area contributed by atoms with Gasteiger partial charge in [-0.2, -0.15) is 0 Å². The Bertz CT molecular complexity index is 840. The highest BCUT2D eigenvalue weighted by Crippen LogP contribution is 2.34. The van der Waals surface area contributed by atoms with Gasteiger partial charge in [-0.05, 0) is 49.1 Å². The fraction of sp³-hybridized carbons (Fsp3) is 0.429. The molecule has 2 aliphatic heterocycles. The van der Waals surface area contributed by atoms with E-state index in [4.69, 9.17) is 10.1 Å². The zero-order chi connectivity index (χ0) is 21.0. The summed E-state index contributed by atoms with van der Waals surface area (Å²) in [6.07, 6.45) is 5.62. The molecular formula is C21H24F3N3O2. The summed E-state index contributed by atoms with van der Waals surface area (Å²) in [4.78, 5) is 14.1. The Hall–Kier alpha value is -2.61. The van der Waals surface area contributed by atoms with Crippen LogP contribution in [0.2, 0.25) is 0 Å². The first kappa shape index (κ1) is 21.1. The van der Waals surface area contributed by atoms with Crippen molar-refractivity contribution in [1.82, 2.24) is 10.2 Å². The number of hydrogen-bond donors (Lipinski definition) is 2. The SMILES string of the molecule is CN1CCC2(CCC(C=CC(=CC=N)c3cc(OCC(F)F)ccc3F)N2)C1=O. The number of hydrogen-bond acceptors (Lipinski definition) is 4. The molecule has 2 saturated heterocycles. The minimum Gasteiger partial charge on any atom is -0.488 e. The molecule has 0 radical (unpaired) electrons. The highest BCUT2D eigenvalue weighted by Gasteiger charge is 2.49. The van der Waals surface area contributed by atoms with Gasteiger partial charge in [-0.15, -0.1) is 0 Å².